The molecule has 0 atom stereocenters. The van der Waals surface area contributed by atoms with Crippen LogP contribution < -0.4 is 20.2 Å². The third kappa shape index (κ3) is 5.08. The van der Waals surface area contributed by atoms with Crippen LogP contribution in [-0.4, -0.2) is 38.3 Å². The first-order valence-corrected chi connectivity index (χ1v) is 6.84. The van der Waals surface area contributed by atoms with Crippen molar-refractivity contribution in [2.24, 2.45) is 5.10 Å². The van der Waals surface area contributed by atoms with Gasteiger partial charge in [0.15, 0.2) is 0 Å². The first kappa shape index (κ1) is 17.5. The highest BCUT2D eigenvalue weighted by atomic mass is 16.5. The van der Waals surface area contributed by atoms with E-state index in [0.717, 1.165) is 0 Å². The van der Waals surface area contributed by atoms with Crippen molar-refractivity contribution in [3.8, 4) is 11.5 Å². The smallest absolute Gasteiger partial charge is 0.275 e. The van der Waals surface area contributed by atoms with E-state index in [1.807, 2.05) is 6.92 Å². The number of benzene rings is 1. The first-order chi connectivity index (χ1) is 10.5. The van der Waals surface area contributed by atoms with Gasteiger partial charge in [-0.2, -0.15) is 5.10 Å². The highest BCUT2D eigenvalue weighted by Gasteiger charge is 2.13. The molecule has 1 aromatic carbocycles. The Morgan fingerprint density at radius 2 is 1.95 bits per heavy atom. The van der Waals surface area contributed by atoms with Gasteiger partial charge in [0.25, 0.3) is 5.91 Å². The van der Waals surface area contributed by atoms with Crippen LogP contribution >= 0.6 is 0 Å². The Bertz CT molecular complexity index is 570. The van der Waals surface area contributed by atoms with Crippen molar-refractivity contribution in [3.05, 3.63) is 23.8 Å². The molecule has 7 heteroatoms. The molecule has 120 valence electrons. The number of nitrogens with one attached hydrogen (secondary N) is 2. The fourth-order valence-corrected chi connectivity index (χ4v) is 1.72. The van der Waals surface area contributed by atoms with Crippen molar-refractivity contribution in [1.82, 2.24) is 10.7 Å². The molecule has 1 rings (SSSR count). The van der Waals surface area contributed by atoms with Crippen LogP contribution in [0.4, 0.5) is 0 Å². The zero-order valence-electron chi connectivity index (χ0n) is 13.2. The van der Waals surface area contributed by atoms with Crippen molar-refractivity contribution >= 4 is 17.5 Å². The van der Waals surface area contributed by atoms with Crippen molar-refractivity contribution in [1.29, 1.82) is 0 Å². The van der Waals surface area contributed by atoms with Crippen molar-refractivity contribution in [3.63, 3.8) is 0 Å². The summed E-state index contributed by atoms with van der Waals surface area (Å²) in [5.74, 6) is 0.410. The van der Waals surface area contributed by atoms with Gasteiger partial charge in [0, 0.05) is 18.3 Å². The molecular formula is C15H21N3O4. The predicted molar refractivity (Wildman–Crippen MR) is 83.4 cm³/mol. The zero-order chi connectivity index (χ0) is 16.5. The molecule has 1 aromatic rings. The van der Waals surface area contributed by atoms with E-state index in [2.05, 4.69) is 15.8 Å². The lowest BCUT2D eigenvalue weighted by molar-refractivity contribution is -0.119. The van der Waals surface area contributed by atoms with E-state index in [0.29, 0.717) is 29.3 Å². The topological polar surface area (TPSA) is 89.0 Å². The maximum atomic E-state index is 12.1. The Hall–Kier alpha value is -2.57. The molecular weight excluding hydrogens is 286 g/mol. The maximum Gasteiger partial charge on any atom is 0.275 e. The van der Waals surface area contributed by atoms with Crippen LogP contribution in [0.3, 0.4) is 0 Å². The molecule has 0 aromatic heterocycles. The number of hydrogen-bond acceptors (Lipinski definition) is 5. The summed E-state index contributed by atoms with van der Waals surface area (Å²) in [4.78, 5) is 23.5. The van der Waals surface area contributed by atoms with E-state index in [1.165, 1.54) is 14.2 Å². The van der Waals surface area contributed by atoms with E-state index >= 15 is 0 Å². The fraction of sp³-hybridized carbons (Fsp3) is 0.400. The summed E-state index contributed by atoms with van der Waals surface area (Å²) in [6.07, 6.45) is 0.133. The summed E-state index contributed by atoms with van der Waals surface area (Å²) in [6, 6.07) is 4.85. The number of ether oxygens (including phenoxy) is 2. The molecule has 2 amide bonds. The van der Waals surface area contributed by atoms with E-state index in [1.54, 1.807) is 25.1 Å². The van der Waals surface area contributed by atoms with Crippen LogP contribution in [-0.2, 0) is 4.79 Å². The molecule has 0 aliphatic carbocycles. The van der Waals surface area contributed by atoms with Gasteiger partial charge in [-0.3, -0.25) is 9.59 Å². The number of hydrazone groups is 1. The zero-order valence-corrected chi connectivity index (χ0v) is 13.2. The van der Waals surface area contributed by atoms with Crippen molar-refractivity contribution in [2.45, 2.75) is 20.3 Å². The van der Waals surface area contributed by atoms with E-state index in [-0.39, 0.29) is 12.3 Å². The minimum absolute atomic E-state index is 0.133. The molecule has 2 N–H and O–H groups in total. The van der Waals surface area contributed by atoms with Crippen LogP contribution in [0, 0.1) is 0 Å². The molecule has 0 radical (unpaired) electrons. The normalized spacial score (nSPS) is 10.8. The van der Waals surface area contributed by atoms with Crippen LogP contribution in [0.5, 0.6) is 11.5 Å². The van der Waals surface area contributed by atoms with Gasteiger partial charge in [0.1, 0.15) is 11.5 Å². The fourth-order valence-electron chi connectivity index (χ4n) is 1.72. The second kappa shape index (κ2) is 8.66. The van der Waals surface area contributed by atoms with Gasteiger partial charge >= 0.3 is 0 Å². The van der Waals surface area contributed by atoms with Crippen LogP contribution in [0.25, 0.3) is 0 Å². The molecule has 0 heterocycles. The monoisotopic (exact) mass is 307 g/mol. The summed E-state index contributed by atoms with van der Waals surface area (Å²) in [5.41, 5.74) is 3.24. The molecule has 7 nitrogen and oxygen atoms in total. The van der Waals surface area contributed by atoms with Crippen molar-refractivity contribution in [2.75, 3.05) is 20.8 Å². The van der Waals surface area contributed by atoms with Crippen molar-refractivity contribution < 1.29 is 19.1 Å². The lowest BCUT2D eigenvalue weighted by Crippen LogP contribution is -2.26. The summed E-state index contributed by atoms with van der Waals surface area (Å²) in [5, 5.41) is 6.57. The standard InChI is InChI=1S/C15H21N3O4/c1-5-16-14(19)8-10(2)17-18-15(20)12-7-6-11(21-3)9-13(12)22-4/h6-7,9H,5,8H2,1-4H3,(H,16,19)(H,18,20)/b17-10+. The highest BCUT2D eigenvalue weighted by Crippen LogP contribution is 2.24. The first-order valence-electron chi connectivity index (χ1n) is 6.84. The molecule has 0 bridgehead atoms. The third-order valence-electron chi connectivity index (χ3n) is 2.79. The molecule has 0 aliphatic heterocycles. The molecule has 0 aliphatic rings. The Morgan fingerprint density at radius 1 is 1.23 bits per heavy atom. The van der Waals surface area contributed by atoms with E-state index < -0.39 is 5.91 Å². The molecule has 0 spiro atoms. The Kier molecular flexibility index (Phi) is 6.88. The number of nitrogens with zero attached hydrogens (tertiary/aromatic N) is 1. The Balaban J connectivity index is 2.74. The number of carbonyl (C=O) groups is 2. The maximum absolute atomic E-state index is 12.1. The van der Waals surface area contributed by atoms with Gasteiger partial charge in [-0.1, -0.05) is 0 Å². The lowest BCUT2D eigenvalue weighted by atomic mass is 10.2. The molecule has 0 saturated carbocycles. The number of hydrogen-bond donors (Lipinski definition) is 2. The SMILES string of the molecule is CCNC(=O)C/C(C)=N/NC(=O)c1ccc(OC)cc1OC. The average molecular weight is 307 g/mol. The third-order valence-corrected chi connectivity index (χ3v) is 2.79. The van der Waals surface area contributed by atoms with Gasteiger partial charge in [0.05, 0.1) is 26.2 Å². The van der Waals surface area contributed by atoms with Gasteiger partial charge < -0.3 is 14.8 Å². The number of rotatable bonds is 7. The van der Waals surface area contributed by atoms with Crippen LogP contribution in [0.15, 0.2) is 23.3 Å². The molecule has 22 heavy (non-hydrogen) atoms. The van der Waals surface area contributed by atoms with Gasteiger partial charge in [-0.05, 0) is 26.0 Å². The predicted octanol–water partition coefficient (Wildman–Crippen LogP) is 1.34. The summed E-state index contributed by atoms with van der Waals surface area (Å²) >= 11 is 0. The Labute approximate surface area is 129 Å². The quantitative estimate of drug-likeness (QED) is 0.587. The summed E-state index contributed by atoms with van der Waals surface area (Å²) in [7, 11) is 3.00. The second-order valence-electron chi connectivity index (χ2n) is 4.48. The Morgan fingerprint density at radius 3 is 2.55 bits per heavy atom. The van der Waals surface area contributed by atoms with Gasteiger partial charge in [-0.15, -0.1) is 0 Å². The summed E-state index contributed by atoms with van der Waals surface area (Å²) < 4.78 is 10.2. The molecule has 0 unspecified atom stereocenters. The number of carbonyl (C=O) groups excluding carboxylic acids is 2. The van der Waals surface area contributed by atoms with Crippen LogP contribution in [0.2, 0.25) is 0 Å². The number of methoxy groups -OCH3 is 2. The van der Waals surface area contributed by atoms with E-state index in [4.69, 9.17) is 9.47 Å². The number of amides is 2. The molecule has 0 fully saturated rings. The molecule has 0 saturated heterocycles. The van der Waals surface area contributed by atoms with Crippen LogP contribution in [0.1, 0.15) is 30.6 Å². The highest BCUT2D eigenvalue weighted by molar-refractivity contribution is 6.01. The minimum Gasteiger partial charge on any atom is -0.497 e. The lowest BCUT2D eigenvalue weighted by Gasteiger charge is -2.09. The second-order valence-corrected chi connectivity index (χ2v) is 4.48. The summed E-state index contributed by atoms with van der Waals surface area (Å²) in [6.45, 7) is 4.06. The van der Waals surface area contributed by atoms with Gasteiger partial charge in [0.2, 0.25) is 5.91 Å². The van der Waals surface area contributed by atoms with Gasteiger partial charge in [-0.25, -0.2) is 5.43 Å². The van der Waals surface area contributed by atoms with E-state index in [9.17, 15) is 9.59 Å². The largest absolute Gasteiger partial charge is 0.497 e. The average Bonchev–Trinajstić information content (AvgIpc) is 2.52. The minimum atomic E-state index is -0.422.